The summed E-state index contributed by atoms with van der Waals surface area (Å²) in [6.45, 7) is 4.70. The van der Waals surface area contributed by atoms with E-state index in [9.17, 15) is 4.79 Å². The van der Waals surface area contributed by atoms with Crippen LogP contribution in [0.4, 0.5) is 11.4 Å². The van der Waals surface area contributed by atoms with Crippen LogP contribution in [0.25, 0.3) is 0 Å². The lowest BCUT2D eigenvalue weighted by Crippen LogP contribution is -2.23. The monoisotopic (exact) mass is 379 g/mol. The Hall–Kier alpha value is -2.85. The van der Waals surface area contributed by atoms with E-state index < -0.39 is 0 Å². The quantitative estimate of drug-likeness (QED) is 0.591. The number of hydrogen-bond acceptors (Lipinski definition) is 3. The molecule has 0 bridgehead atoms. The fourth-order valence-electron chi connectivity index (χ4n) is 2.67. The average molecular weight is 380 g/mol. The van der Waals surface area contributed by atoms with Crippen LogP contribution in [0.1, 0.15) is 41.3 Å². The summed E-state index contributed by atoms with van der Waals surface area (Å²) in [7, 11) is 0. The Labute approximate surface area is 164 Å². The molecule has 27 heavy (non-hydrogen) atoms. The third-order valence-corrected chi connectivity index (χ3v) is 4.63. The molecular formula is C22H22ClN3O. The van der Waals surface area contributed by atoms with Crippen molar-refractivity contribution in [3.63, 3.8) is 0 Å². The number of pyridine rings is 1. The van der Waals surface area contributed by atoms with Crippen molar-refractivity contribution in [1.82, 2.24) is 10.3 Å². The Morgan fingerprint density at radius 3 is 2.48 bits per heavy atom. The Kier molecular flexibility index (Phi) is 6.09. The maximum Gasteiger partial charge on any atom is 0.253 e. The van der Waals surface area contributed by atoms with Crippen LogP contribution in [-0.2, 0) is 6.54 Å². The number of rotatable bonds is 6. The molecule has 2 N–H and O–H groups in total. The summed E-state index contributed by atoms with van der Waals surface area (Å²) in [5, 5.41) is 6.80. The molecule has 1 aromatic heterocycles. The Morgan fingerprint density at radius 1 is 1.04 bits per heavy atom. The molecule has 2 aromatic carbocycles. The number of benzene rings is 2. The first-order valence-corrected chi connectivity index (χ1v) is 9.24. The van der Waals surface area contributed by atoms with Crippen LogP contribution in [0, 0.1) is 0 Å². The smallest absolute Gasteiger partial charge is 0.253 e. The predicted molar refractivity (Wildman–Crippen MR) is 111 cm³/mol. The summed E-state index contributed by atoms with van der Waals surface area (Å²) in [4.78, 5) is 16.6. The van der Waals surface area contributed by atoms with E-state index in [1.807, 2.05) is 30.3 Å². The summed E-state index contributed by atoms with van der Waals surface area (Å²) < 4.78 is 0. The first kappa shape index (κ1) is 18.9. The highest BCUT2D eigenvalue weighted by Gasteiger charge is 2.08. The lowest BCUT2D eigenvalue weighted by molar-refractivity contribution is 0.0950. The summed E-state index contributed by atoms with van der Waals surface area (Å²) in [6, 6.07) is 17.5. The maximum atomic E-state index is 12.4. The zero-order valence-corrected chi connectivity index (χ0v) is 16.1. The van der Waals surface area contributed by atoms with Gasteiger partial charge in [0.25, 0.3) is 5.91 Å². The molecular weight excluding hydrogens is 358 g/mol. The molecule has 3 rings (SSSR count). The SMILES string of the molecule is CC(C)c1ccc(Nc2cncc(C(=O)NCc3ccccc3Cl)c2)cc1. The molecule has 3 aromatic rings. The molecule has 0 unspecified atom stereocenters. The van der Waals surface area contributed by atoms with Gasteiger partial charge in [-0.1, -0.05) is 55.8 Å². The highest BCUT2D eigenvalue weighted by molar-refractivity contribution is 6.31. The van der Waals surface area contributed by atoms with Crippen molar-refractivity contribution in [1.29, 1.82) is 0 Å². The number of amides is 1. The molecule has 0 spiro atoms. The van der Waals surface area contributed by atoms with Crippen LogP contribution < -0.4 is 10.6 Å². The van der Waals surface area contributed by atoms with E-state index in [4.69, 9.17) is 11.6 Å². The fraction of sp³-hybridized carbons (Fsp3) is 0.182. The topological polar surface area (TPSA) is 54.0 Å². The Morgan fingerprint density at radius 2 is 1.78 bits per heavy atom. The summed E-state index contributed by atoms with van der Waals surface area (Å²) in [5.74, 6) is 0.298. The number of nitrogens with one attached hydrogen (secondary N) is 2. The van der Waals surface area contributed by atoms with E-state index in [1.165, 1.54) is 5.56 Å². The highest BCUT2D eigenvalue weighted by atomic mass is 35.5. The van der Waals surface area contributed by atoms with Crippen molar-refractivity contribution in [3.05, 3.63) is 88.7 Å². The number of aromatic nitrogens is 1. The molecule has 0 atom stereocenters. The summed E-state index contributed by atoms with van der Waals surface area (Å²) in [6.07, 6.45) is 3.25. The van der Waals surface area contributed by atoms with E-state index in [-0.39, 0.29) is 5.91 Å². The van der Waals surface area contributed by atoms with Crippen LogP contribution in [0.5, 0.6) is 0 Å². The molecule has 0 aliphatic heterocycles. The van der Waals surface area contributed by atoms with Crippen LogP contribution in [0.15, 0.2) is 67.0 Å². The van der Waals surface area contributed by atoms with Gasteiger partial charge in [-0.15, -0.1) is 0 Å². The van der Waals surface area contributed by atoms with E-state index in [0.717, 1.165) is 16.9 Å². The molecule has 4 nitrogen and oxygen atoms in total. The molecule has 0 saturated heterocycles. The molecule has 0 aliphatic rings. The molecule has 0 saturated carbocycles. The predicted octanol–water partition coefficient (Wildman–Crippen LogP) is 5.53. The largest absolute Gasteiger partial charge is 0.354 e. The summed E-state index contributed by atoms with van der Waals surface area (Å²) >= 11 is 6.13. The van der Waals surface area contributed by atoms with Gasteiger partial charge in [0.2, 0.25) is 0 Å². The van der Waals surface area contributed by atoms with Crippen LogP contribution in [0.2, 0.25) is 5.02 Å². The second-order valence-electron chi connectivity index (χ2n) is 6.64. The highest BCUT2D eigenvalue weighted by Crippen LogP contribution is 2.21. The average Bonchev–Trinajstić information content (AvgIpc) is 2.68. The van der Waals surface area contributed by atoms with Crippen LogP contribution in [-0.4, -0.2) is 10.9 Å². The van der Waals surface area contributed by atoms with Gasteiger partial charge in [0.15, 0.2) is 0 Å². The van der Waals surface area contributed by atoms with Crippen molar-refractivity contribution < 1.29 is 4.79 Å². The number of nitrogens with zero attached hydrogens (tertiary/aromatic N) is 1. The first-order chi connectivity index (χ1) is 13.0. The minimum atomic E-state index is -0.193. The van der Waals surface area contributed by atoms with Gasteiger partial charge in [0.05, 0.1) is 17.4 Å². The lowest BCUT2D eigenvalue weighted by atomic mass is 10.0. The van der Waals surface area contributed by atoms with Crippen molar-refractivity contribution >= 4 is 28.9 Å². The van der Waals surface area contributed by atoms with Gasteiger partial charge in [-0.05, 0) is 41.3 Å². The zero-order chi connectivity index (χ0) is 19.2. The van der Waals surface area contributed by atoms with Gasteiger partial charge in [-0.2, -0.15) is 0 Å². The van der Waals surface area contributed by atoms with E-state index in [1.54, 1.807) is 24.5 Å². The standard InChI is InChI=1S/C22H22ClN3O/c1-15(2)16-7-9-19(10-8-16)26-20-11-18(12-24-14-20)22(27)25-13-17-5-3-4-6-21(17)23/h3-12,14-15,26H,13H2,1-2H3,(H,25,27). The van der Waals surface area contributed by atoms with Gasteiger partial charge >= 0.3 is 0 Å². The third-order valence-electron chi connectivity index (χ3n) is 4.26. The minimum absolute atomic E-state index is 0.193. The zero-order valence-electron chi connectivity index (χ0n) is 15.4. The second-order valence-corrected chi connectivity index (χ2v) is 7.05. The Bertz CT molecular complexity index is 923. The number of carbonyl (C=O) groups is 1. The molecule has 138 valence electrons. The van der Waals surface area contributed by atoms with Gasteiger partial charge in [0, 0.05) is 23.5 Å². The fourth-order valence-corrected chi connectivity index (χ4v) is 2.87. The van der Waals surface area contributed by atoms with Crippen molar-refractivity contribution in [2.75, 3.05) is 5.32 Å². The van der Waals surface area contributed by atoms with Crippen molar-refractivity contribution in [2.45, 2.75) is 26.3 Å². The first-order valence-electron chi connectivity index (χ1n) is 8.86. The minimum Gasteiger partial charge on any atom is -0.354 e. The van der Waals surface area contributed by atoms with Gasteiger partial charge < -0.3 is 10.6 Å². The molecule has 1 amide bonds. The van der Waals surface area contributed by atoms with Gasteiger partial charge in [0.1, 0.15) is 0 Å². The van der Waals surface area contributed by atoms with Crippen LogP contribution >= 0.6 is 11.6 Å². The van der Waals surface area contributed by atoms with Crippen LogP contribution in [0.3, 0.4) is 0 Å². The number of halogens is 1. The number of carbonyl (C=O) groups excluding carboxylic acids is 1. The van der Waals surface area contributed by atoms with E-state index >= 15 is 0 Å². The number of anilines is 2. The summed E-state index contributed by atoms with van der Waals surface area (Å²) in [5.41, 5.74) is 4.37. The second kappa shape index (κ2) is 8.69. The third kappa shape index (κ3) is 5.08. The molecule has 0 fully saturated rings. The molecule has 1 heterocycles. The van der Waals surface area contributed by atoms with E-state index in [0.29, 0.717) is 23.0 Å². The van der Waals surface area contributed by atoms with Gasteiger partial charge in [-0.3, -0.25) is 9.78 Å². The lowest BCUT2D eigenvalue weighted by Gasteiger charge is -2.11. The van der Waals surface area contributed by atoms with E-state index in [2.05, 4.69) is 41.6 Å². The van der Waals surface area contributed by atoms with Crippen molar-refractivity contribution in [2.24, 2.45) is 0 Å². The molecule has 5 heteroatoms. The normalized spacial score (nSPS) is 10.7. The molecule has 0 aliphatic carbocycles. The Balaban J connectivity index is 1.65. The van der Waals surface area contributed by atoms with Gasteiger partial charge in [-0.25, -0.2) is 0 Å². The molecule has 0 radical (unpaired) electrons. The van der Waals surface area contributed by atoms with Crippen molar-refractivity contribution in [3.8, 4) is 0 Å². The number of hydrogen-bond donors (Lipinski definition) is 2. The maximum absolute atomic E-state index is 12.4.